The van der Waals surface area contributed by atoms with Gasteiger partial charge in [0.25, 0.3) is 11.8 Å². The minimum absolute atomic E-state index is 0. The quantitative estimate of drug-likeness (QED) is 0.568. The molecule has 0 spiro atoms. The number of amides is 2. The SMILES string of the molecule is COc1ccc(C(=O)Nc2cc(F)ccc2C(=O)NCC2CNCC2O)cc1.Cl. The van der Waals surface area contributed by atoms with Crippen molar-refractivity contribution in [3.63, 3.8) is 0 Å². The van der Waals surface area contributed by atoms with E-state index in [0.29, 0.717) is 24.4 Å². The van der Waals surface area contributed by atoms with Gasteiger partial charge in [-0.25, -0.2) is 4.39 Å². The molecular formula is C20H23ClFN3O4. The van der Waals surface area contributed by atoms with Crippen LogP contribution in [-0.2, 0) is 0 Å². The molecule has 0 radical (unpaired) electrons. The van der Waals surface area contributed by atoms with E-state index in [4.69, 9.17) is 4.74 Å². The monoisotopic (exact) mass is 423 g/mol. The molecule has 4 N–H and O–H groups in total. The molecule has 1 aliphatic rings. The third-order valence-corrected chi connectivity index (χ3v) is 4.66. The number of carbonyl (C=O) groups excluding carboxylic acids is 2. The Morgan fingerprint density at radius 1 is 1.17 bits per heavy atom. The van der Waals surface area contributed by atoms with E-state index in [2.05, 4.69) is 16.0 Å². The second kappa shape index (κ2) is 10.2. The number of aliphatic hydroxyl groups excluding tert-OH is 1. The molecule has 1 fully saturated rings. The zero-order valence-corrected chi connectivity index (χ0v) is 16.6. The predicted octanol–water partition coefficient (Wildman–Crippen LogP) is 1.82. The van der Waals surface area contributed by atoms with Gasteiger partial charge in [0, 0.05) is 31.1 Å². The highest BCUT2D eigenvalue weighted by atomic mass is 35.5. The Morgan fingerprint density at radius 2 is 1.90 bits per heavy atom. The number of methoxy groups -OCH3 is 1. The van der Waals surface area contributed by atoms with Gasteiger partial charge in [-0.3, -0.25) is 9.59 Å². The molecule has 2 atom stereocenters. The van der Waals surface area contributed by atoms with E-state index in [-0.39, 0.29) is 36.1 Å². The number of hydrogen-bond donors (Lipinski definition) is 4. The maximum atomic E-state index is 13.7. The molecule has 2 amide bonds. The number of anilines is 1. The fraction of sp³-hybridized carbons (Fsp3) is 0.300. The van der Waals surface area contributed by atoms with E-state index in [1.54, 1.807) is 24.3 Å². The molecule has 2 unspecified atom stereocenters. The second-order valence-electron chi connectivity index (χ2n) is 6.57. The molecule has 1 heterocycles. The van der Waals surface area contributed by atoms with Crippen molar-refractivity contribution < 1.29 is 23.8 Å². The van der Waals surface area contributed by atoms with Crippen LogP contribution in [-0.4, -0.2) is 49.8 Å². The van der Waals surface area contributed by atoms with Crippen molar-refractivity contribution in [3.05, 3.63) is 59.4 Å². The van der Waals surface area contributed by atoms with Gasteiger partial charge in [0.05, 0.1) is 24.5 Å². The Kier molecular flexibility index (Phi) is 7.95. The van der Waals surface area contributed by atoms with Gasteiger partial charge in [0.1, 0.15) is 11.6 Å². The standard InChI is InChI=1S/C20H22FN3O4.ClH/c1-28-15-5-2-12(3-6-15)19(26)24-17-8-14(21)4-7-16(17)20(27)23-10-13-9-22-11-18(13)25;/h2-8,13,18,22,25H,9-11H2,1H3,(H,23,27)(H,24,26);1H. The Morgan fingerprint density at radius 3 is 2.52 bits per heavy atom. The summed E-state index contributed by atoms with van der Waals surface area (Å²) in [5.41, 5.74) is 0.559. The lowest BCUT2D eigenvalue weighted by Gasteiger charge is -2.16. The Bertz CT molecular complexity index is 863. The van der Waals surface area contributed by atoms with Crippen LogP contribution in [0.1, 0.15) is 20.7 Å². The molecule has 29 heavy (non-hydrogen) atoms. The number of benzene rings is 2. The fourth-order valence-corrected chi connectivity index (χ4v) is 3.00. The molecule has 0 aromatic heterocycles. The molecule has 156 valence electrons. The number of halogens is 2. The van der Waals surface area contributed by atoms with Crippen LogP contribution in [0, 0.1) is 11.7 Å². The molecule has 1 saturated heterocycles. The van der Waals surface area contributed by atoms with E-state index in [0.717, 1.165) is 12.1 Å². The smallest absolute Gasteiger partial charge is 0.255 e. The molecule has 0 bridgehead atoms. The summed E-state index contributed by atoms with van der Waals surface area (Å²) in [6.07, 6.45) is -0.525. The lowest BCUT2D eigenvalue weighted by molar-refractivity contribution is 0.0928. The maximum Gasteiger partial charge on any atom is 0.255 e. The van der Waals surface area contributed by atoms with Crippen LogP contribution in [0.15, 0.2) is 42.5 Å². The largest absolute Gasteiger partial charge is 0.497 e. The van der Waals surface area contributed by atoms with Gasteiger partial charge in [-0.1, -0.05) is 0 Å². The number of nitrogens with one attached hydrogen (secondary N) is 3. The van der Waals surface area contributed by atoms with Gasteiger partial charge in [-0.2, -0.15) is 0 Å². The fourth-order valence-electron chi connectivity index (χ4n) is 3.00. The highest BCUT2D eigenvalue weighted by Crippen LogP contribution is 2.20. The summed E-state index contributed by atoms with van der Waals surface area (Å²) < 4.78 is 18.8. The molecule has 9 heteroatoms. The normalized spacial score (nSPS) is 17.9. The summed E-state index contributed by atoms with van der Waals surface area (Å²) in [7, 11) is 1.52. The lowest BCUT2D eigenvalue weighted by atomic mass is 10.1. The number of ether oxygens (including phenoxy) is 1. The predicted molar refractivity (Wildman–Crippen MR) is 109 cm³/mol. The zero-order chi connectivity index (χ0) is 20.1. The summed E-state index contributed by atoms with van der Waals surface area (Å²) in [4.78, 5) is 25.0. The van der Waals surface area contributed by atoms with Crippen molar-refractivity contribution in [2.24, 2.45) is 5.92 Å². The van der Waals surface area contributed by atoms with Gasteiger partial charge in [-0.15, -0.1) is 12.4 Å². The number of aliphatic hydroxyl groups is 1. The van der Waals surface area contributed by atoms with Gasteiger partial charge >= 0.3 is 0 Å². The van der Waals surface area contributed by atoms with Crippen molar-refractivity contribution in [2.75, 3.05) is 32.1 Å². The lowest BCUT2D eigenvalue weighted by Crippen LogP contribution is -2.34. The summed E-state index contributed by atoms with van der Waals surface area (Å²) >= 11 is 0. The minimum atomic E-state index is -0.572. The first-order valence-electron chi connectivity index (χ1n) is 8.90. The summed E-state index contributed by atoms with van der Waals surface area (Å²) in [5, 5.41) is 18.2. The highest BCUT2D eigenvalue weighted by molar-refractivity contribution is 6.09. The van der Waals surface area contributed by atoms with Crippen LogP contribution in [0.5, 0.6) is 5.75 Å². The van der Waals surface area contributed by atoms with Crippen molar-refractivity contribution in [2.45, 2.75) is 6.10 Å². The van der Waals surface area contributed by atoms with Crippen molar-refractivity contribution in [1.82, 2.24) is 10.6 Å². The van der Waals surface area contributed by atoms with Gasteiger partial charge in [0.15, 0.2) is 0 Å². The van der Waals surface area contributed by atoms with E-state index >= 15 is 0 Å². The van der Waals surface area contributed by atoms with Crippen LogP contribution in [0.3, 0.4) is 0 Å². The number of rotatable bonds is 6. The summed E-state index contributed by atoms with van der Waals surface area (Å²) in [5.74, 6) is -0.994. The molecule has 2 aromatic rings. The molecule has 2 aromatic carbocycles. The first kappa shape index (κ1) is 22.6. The van der Waals surface area contributed by atoms with Crippen molar-refractivity contribution in [3.8, 4) is 5.75 Å². The van der Waals surface area contributed by atoms with E-state index in [1.807, 2.05) is 0 Å². The molecule has 0 saturated carbocycles. The highest BCUT2D eigenvalue weighted by Gasteiger charge is 2.25. The second-order valence-corrected chi connectivity index (χ2v) is 6.57. The summed E-state index contributed by atoms with van der Waals surface area (Å²) in [6, 6.07) is 9.98. The van der Waals surface area contributed by atoms with E-state index in [1.165, 1.54) is 13.2 Å². The third-order valence-electron chi connectivity index (χ3n) is 4.66. The van der Waals surface area contributed by atoms with Gasteiger partial charge < -0.3 is 25.8 Å². The molecule has 3 rings (SSSR count). The topological polar surface area (TPSA) is 99.7 Å². The number of carbonyl (C=O) groups is 2. The Hall–Kier alpha value is -2.68. The zero-order valence-electron chi connectivity index (χ0n) is 15.8. The Balaban J connectivity index is 0.00000300. The van der Waals surface area contributed by atoms with Crippen LogP contribution in [0.2, 0.25) is 0 Å². The first-order chi connectivity index (χ1) is 13.5. The van der Waals surface area contributed by atoms with Crippen molar-refractivity contribution >= 4 is 29.9 Å². The van der Waals surface area contributed by atoms with Gasteiger partial charge in [-0.05, 0) is 42.5 Å². The Labute approximate surface area is 174 Å². The average molecular weight is 424 g/mol. The van der Waals surface area contributed by atoms with E-state index in [9.17, 15) is 19.1 Å². The first-order valence-corrected chi connectivity index (χ1v) is 8.90. The van der Waals surface area contributed by atoms with E-state index < -0.39 is 23.7 Å². The van der Waals surface area contributed by atoms with Crippen molar-refractivity contribution in [1.29, 1.82) is 0 Å². The molecule has 7 nitrogen and oxygen atoms in total. The summed E-state index contributed by atoms with van der Waals surface area (Å²) in [6.45, 7) is 1.36. The van der Waals surface area contributed by atoms with Crippen LogP contribution >= 0.6 is 12.4 Å². The van der Waals surface area contributed by atoms with Crippen LogP contribution in [0.25, 0.3) is 0 Å². The van der Waals surface area contributed by atoms with Gasteiger partial charge in [0.2, 0.25) is 0 Å². The molecule has 0 aliphatic carbocycles. The molecule has 1 aliphatic heterocycles. The molecular weight excluding hydrogens is 401 g/mol. The van der Waals surface area contributed by atoms with Crippen LogP contribution < -0.4 is 20.7 Å². The average Bonchev–Trinajstić information content (AvgIpc) is 3.11. The number of β-amino-alcohol motifs (C(OH)–C–C–N with tert-alkyl or cyclic N) is 1. The third kappa shape index (κ3) is 5.66. The van der Waals surface area contributed by atoms with Crippen LogP contribution in [0.4, 0.5) is 10.1 Å². The maximum absolute atomic E-state index is 13.7. The number of hydrogen-bond acceptors (Lipinski definition) is 5. The minimum Gasteiger partial charge on any atom is -0.497 e.